The van der Waals surface area contributed by atoms with Crippen LogP contribution >= 0.6 is 22.6 Å². The van der Waals surface area contributed by atoms with Crippen molar-refractivity contribution in [1.29, 1.82) is 0 Å². The molecule has 1 unspecified atom stereocenters. The molecule has 0 aliphatic carbocycles. The van der Waals surface area contributed by atoms with Gasteiger partial charge >= 0.3 is 35.8 Å². The van der Waals surface area contributed by atoms with Gasteiger partial charge in [0.15, 0.2) is 0 Å². The van der Waals surface area contributed by atoms with E-state index in [0.717, 1.165) is 29.5 Å². The second-order valence-electron chi connectivity index (χ2n) is 4.68. The molecule has 0 spiro atoms. The minimum atomic E-state index is -7.82. The highest BCUT2D eigenvalue weighted by molar-refractivity contribution is 14.1. The molecule has 24 heavy (non-hydrogen) atoms. The molecule has 0 bridgehead atoms. The molecule has 0 radical (unpaired) electrons. The van der Waals surface area contributed by atoms with Crippen LogP contribution in [0.15, 0.2) is 0 Å². The number of rotatable bonds is 7. The third kappa shape index (κ3) is 3.15. The molecule has 0 aromatic carbocycles. The van der Waals surface area contributed by atoms with E-state index >= 15 is 0 Å². The van der Waals surface area contributed by atoms with E-state index in [2.05, 4.69) is 0 Å². The second-order valence-corrected chi connectivity index (χ2v) is 5.56. The normalized spacial score (nSPS) is 17.1. The van der Waals surface area contributed by atoms with Gasteiger partial charge in [-0.3, -0.25) is 0 Å². The van der Waals surface area contributed by atoms with Crippen LogP contribution in [-0.4, -0.2) is 40.2 Å². The van der Waals surface area contributed by atoms with Crippen molar-refractivity contribution >= 4 is 22.6 Å². The standard InChI is InChI=1S/C10H8F13I/c1-2-4(3-24)5(11,12)6(13,14)7(15,16)8(17,18)9(19,20)10(21,22)23/h4H,2-3H2,1H3. The molecule has 0 aromatic heterocycles. The molecule has 14 heteroatoms. The van der Waals surface area contributed by atoms with Crippen molar-refractivity contribution < 1.29 is 57.1 Å². The third-order valence-corrected chi connectivity index (χ3v) is 4.21. The average Bonchev–Trinajstić information content (AvgIpc) is 2.37. The van der Waals surface area contributed by atoms with E-state index in [4.69, 9.17) is 0 Å². The van der Waals surface area contributed by atoms with Gasteiger partial charge in [0.05, 0.1) is 0 Å². The fourth-order valence-electron chi connectivity index (χ4n) is 1.50. The molecule has 0 aliphatic rings. The summed E-state index contributed by atoms with van der Waals surface area (Å²) in [5.74, 6) is -39.0. The minimum absolute atomic E-state index is 0.786. The van der Waals surface area contributed by atoms with E-state index in [1.165, 1.54) is 0 Å². The van der Waals surface area contributed by atoms with Gasteiger partial charge in [-0.15, -0.1) is 0 Å². The number of hydrogen-bond acceptors (Lipinski definition) is 0. The van der Waals surface area contributed by atoms with Crippen molar-refractivity contribution in [2.45, 2.75) is 49.1 Å². The monoisotopic (exact) mass is 502 g/mol. The highest BCUT2D eigenvalue weighted by atomic mass is 127. The SMILES string of the molecule is CCC(CI)C(F)(F)C(F)(F)C(F)(F)C(F)(F)C(F)(F)C(F)(F)F. The van der Waals surface area contributed by atoms with Gasteiger partial charge in [-0.1, -0.05) is 29.5 Å². The first-order valence-electron chi connectivity index (χ1n) is 5.79. The first kappa shape index (κ1) is 23.8. The molecule has 0 saturated heterocycles. The van der Waals surface area contributed by atoms with Gasteiger partial charge in [0.1, 0.15) is 0 Å². The number of hydrogen-bond donors (Lipinski definition) is 0. The van der Waals surface area contributed by atoms with Crippen molar-refractivity contribution in [3.05, 3.63) is 0 Å². The fourth-order valence-corrected chi connectivity index (χ4v) is 2.68. The van der Waals surface area contributed by atoms with Crippen LogP contribution < -0.4 is 0 Å². The summed E-state index contributed by atoms with van der Waals surface area (Å²) in [7, 11) is 0. The Morgan fingerprint density at radius 1 is 0.625 bits per heavy atom. The molecular weight excluding hydrogens is 494 g/mol. The van der Waals surface area contributed by atoms with Crippen LogP contribution in [-0.2, 0) is 0 Å². The van der Waals surface area contributed by atoms with Gasteiger partial charge < -0.3 is 0 Å². The van der Waals surface area contributed by atoms with Crippen molar-refractivity contribution in [3.8, 4) is 0 Å². The van der Waals surface area contributed by atoms with E-state index in [1.54, 1.807) is 0 Å². The molecule has 146 valence electrons. The van der Waals surface area contributed by atoms with Gasteiger partial charge in [0, 0.05) is 10.3 Å². The molecule has 0 aliphatic heterocycles. The zero-order valence-electron chi connectivity index (χ0n) is 11.3. The van der Waals surface area contributed by atoms with Crippen LogP contribution in [0.1, 0.15) is 13.3 Å². The molecule has 0 N–H and O–H groups in total. The Morgan fingerprint density at radius 3 is 1.21 bits per heavy atom. The lowest BCUT2D eigenvalue weighted by atomic mass is 9.87. The topological polar surface area (TPSA) is 0 Å². The van der Waals surface area contributed by atoms with Crippen LogP contribution in [0.25, 0.3) is 0 Å². The van der Waals surface area contributed by atoms with Gasteiger partial charge in [0.25, 0.3) is 0 Å². The number of halogens is 14. The molecule has 0 nitrogen and oxygen atoms in total. The molecule has 0 fully saturated rings. The summed E-state index contributed by atoms with van der Waals surface area (Å²) in [5, 5.41) is 0. The molecule has 0 amide bonds. The maximum absolute atomic E-state index is 13.5. The molecule has 0 rings (SSSR count). The van der Waals surface area contributed by atoms with E-state index in [1.807, 2.05) is 0 Å². The first-order chi connectivity index (χ1) is 10.3. The molecular formula is C10H8F13I. The van der Waals surface area contributed by atoms with E-state index in [0.29, 0.717) is 0 Å². The molecule has 0 heterocycles. The summed E-state index contributed by atoms with van der Waals surface area (Å²) in [5.41, 5.74) is 0. The second kappa shape index (κ2) is 6.52. The van der Waals surface area contributed by atoms with E-state index in [-0.39, 0.29) is 0 Å². The van der Waals surface area contributed by atoms with Crippen molar-refractivity contribution in [2.75, 3.05) is 4.43 Å². The summed E-state index contributed by atoms with van der Waals surface area (Å²) in [6.45, 7) is 0.786. The van der Waals surface area contributed by atoms with Crippen molar-refractivity contribution in [1.82, 2.24) is 0 Å². The lowest BCUT2D eigenvalue weighted by Gasteiger charge is -2.41. The Bertz CT molecular complexity index is 435. The van der Waals surface area contributed by atoms with Crippen molar-refractivity contribution in [3.63, 3.8) is 0 Å². The predicted molar refractivity (Wildman–Crippen MR) is 63.5 cm³/mol. The zero-order chi connectivity index (χ0) is 20.0. The molecule has 0 aromatic rings. The van der Waals surface area contributed by atoms with Gasteiger partial charge in [-0.05, 0) is 6.42 Å². The lowest BCUT2D eigenvalue weighted by molar-refractivity contribution is -0.442. The first-order valence-corrected chi connectivity index (χ1v) is 7.31. The maximum atomic E-state index is 13.5. The van der Waals surface area contributed by atoms with Gasteiger partial charge in [-0.2, -0.15) is 57.1 Å². The molecule has 1 atom stereocenters. The van der Waals surface area contributed by atoms with Crippen LogP contribution in [0, 0.1) is 5.92 Å². The number of alkyl halides is 14. The highest BCUT2D eigenvalue weighted by Crippen LogP contribution is 2.61. The predicted octanol–water partition coefficient (Wildman–Crippen LogP) is 6.19. The summed E-state index contributed by atoms with van der Waals surface area (Å²) in [4.78, 5) is 0. The maximum Gasteiger partial charge on any atom is 0.460 e. The highest BCUT2D eigenvalue weighted by Gasteiger charge is 2.91. The van der Waals surface area contributed by atoms with E-state index in [9.17, 15) is 57.1 Å². The smallest absolute Gasteiger partial charge is 0.199 e. The fraction of sp³-hybridized carbons (Fsp3) is 1.00. The lowest BCUT2D eigenvalue weighted by Crippen LogP contribution is -2.71. The average molecular weight is 502 g/mol. The Labute approximate surface area is 139 Å². The van der Waals surface area contributed by atoms with Gasteiger partial charge in [-0.25, -0.2) is 0 Å². The zero-order valence-corrected chi connectivity index (χ0v) is 13.4. The summed E-state index contributed by atoms with van der Waals surface area (Å²) < 4.78 is 165. The summed E-state index contributed by atoms with van der Waals surface area (Å²) >= 11 is 1.02. The quantitative estimate of drug-likeness (QED) is 0.222. The Hall–Kier alpha value is -0.180. The van der Waals surface area contributed by atoms with Crippen LogP contribution in [0.3, 0.4) is 0 Å². The largest absolute Gasteiger partial charge is 0.460 e. The van der Waals surface area contributed by atoms with Crippen LogP contribution in [0.5, 0.6) is 0 Å². The third-order valence-electron chi connectivity index (χ3n) is 3.15. The Kier molecular flexibility index (Phi) is 6.47. The van der Waals surface area contributed by atoms with E-state index < -0.39 is 52.6 Å². The van der Waals surface area contributed by atoms with Crippen LogP contribution in [0.4, 0.5) is 57.1 Å². The Morgan fingerprint density at radius 2 is 0.958 bits per heavy atom. The van der Waals surface area contributed by atoms with Gasteiger partial charge in [0.2, 0.25) is 0 Å². The minimum Gasteiger partial charge on any atom is -0.199 e. The summed E-state index contributed by atoms with van der Waals surface area (Å²) in [6, 6.07) is 0. The summed E-state index contributed by atoms with van der Waals surface area (Å²) in [6.07, 6.45) is -8.33. The van der Waals surface area contributed by atoms with Crippen LogP contribution in [0.2, 0.25) is 0 Å². The molecule has 0 saturated carbocycles. The Balaban J connectivity index is 6.30. The van der Waals surface area contributed by atoms with Crippen molar-refractivity contribution in [2.24, 2.45) is 5.92 Å².